The Morgan fingerprint density at radius 3 is 2.71 bits per heavy atom. The topological polar surface area (TPSA) is 89.8 Å². The van der Waals surface area contributed by atoms with E-state index in [0.29, 0.717) is 6.54 Å². The molecular weight excluding hydrogens is 306 g/mol. The Labute approximate surface area is 138 Å². The Kier molecular flexibility index (Phi) is 4.71. The molecule has 0 aromatic carbocycles. The van der Waals surface area contributed by atoms with Crippen LogP contribution in [0.4, 0.5) is 0 Å². The van der Waals surface area contributed by atoms with Gasteiger partial charge in [-0.05, 0) is 29.8 Å². The highest BCUT2D eigenvalue weighted by atomic mass is 16.2. The van der Waals surface area contributed by atoms with Gasteiger partial charge in [-0.2, -0.15) is 5.10 Å². The van der Waals surface area contributed by atoms with Crippen LogP contribution in [0.5, 0.6) is 0 Å². The van der Waals surface area contributed by atoms with E-state index in [2.05, 4.69) is 20.4 Å². The molecule has 0 aliphatic rings. The summed E-state index contributed by atoms with van der Waals surface area (Å²) < 4.78 is 1.11. The summed E-state index contributed by atoms with van der Waals surface area (Å²) in [5.74, 6) is -0.295. The lowest BCUT2D eigenvalue weighted by Crippen LogP contribution is -2.33. The molecule has 24 heavy (non-hydrogen) atoms. The first-order chi connectivity index (χ1) is 11.7. The van der Waals surface area contributed by atoms with Gasteiger partial charge in [0.1, 0.15) is 6.54 Å². The van der Waals surface area contributed by atoms with Crippen molar-refractivity contribution in [2.24, 2.45) is 0 Å². The monoisotopic (exact) mass is 321 g/mol. The van der Waals surface area contributed by atoms with Gasteiger partial charge in [-0.15, -0.1) is 0 Å². The first-order valence-corrected chi connectivity index (χ1v) is 7.37. The van der Waals surface area contributed by atoms with Crippen molar-refractivity contribution in [3.8, 4) is 11.3 Å². The zero-order chi connectivity index (χ0) is 16.8. The SMILES string of the molecule is O=C(Cn1ncccc1=O)NCc1cccnc1-c1cccnc1. The van der Waals surface area contributed by atoms with Crippen LogP contribution in [0.3, 0.4) is 0 Å². The number of carbonyl (C=O) groups is 1. The lowest BCUT2D eigenvalue weighted by atomic mass is 10.1. The van der Waals surface area contributed by atoms with Crippen molar-refractivity contribution in [2.75, 3.05) is 0 Å². The second kappa shape index (κ2) is 7.28. The van der Waals surface area contributed by atoms with Gasteiger partial charge in [-0.1, -0.05) is 6.07 Å². The molecule has 7 nitrogen and oxygen atoms in total. The molecule has 0 bridgehead atoms. The van der Waals surface area contributed by atoms with Gasteiger partial charge >= 0.3 is 0 Å². The highest BCUT2D eigenvalue weighted by Crippen LogP contribution is 2.19. The molecule has 0 spiro atoms. The van der Waals surface area contributed by atoms with Crippen molar-refractivity contribution in [3.05, 3.63) is 77.1 Å². The molecule has 0 unspecified atom stereocenters. The van der Waals surface area contributed by atoms with Crippen molar-refractivity contribution in [1.82, 2.24) is 25.1 Å². The van der Waals surface area contributed by atoms with Gasteiger partial charge < -0.3 is 5.32 Å². The van der Waals surface area contributed by atoms with Crippen molar-refractivity contribution in [2.45, 2.75) is 13.1 Å². The fourth-order valence-corrected chi connectivity index (χ4v) is 2.24. The van der Waals surface area contributed by atoms with E-state index < -0.39 is 0 Å². The van der Waals surface area contributed by atoms with E-state index >= 15 is 0 Å². The van der Waals surface area contributed by atoms with Gasteiger partial charge in [0.25, 0.3) is 5.56 Å². The molecule has 0 aliphatic carbocycles. The van der Waals surface area contributed by atoms with Crippen LogP contribution in [0.25, 0.3) is 11.3 Å². The number of nitrogens with one attached hydrogen (secondary N) is 1. The molecule has 0 saturated carbocycles. The number of pyridine rings is 2. The number of carbonyl (C=O) groups excluding carboxylic acids is 1. The molecule has 3 aromatic heterocycles. The van der Waals surface area contributed by atoms with E-state index in [-0.39, 0.29) is 18.0 Å². The lowest BCUT2D eigenvalue weighted by Gasteiger charge is -2.10. The van der Waals surface area contributed by atoms with Gasteiger partial charge in [0.05, 0.1) is 5.69 Å². The van der Waals surface area contributed by atoms with Crippen LogP contribution in [0, 0.1) is 0 Å². The van der Waals surface area contributed by atoms with Gasteiger partial charge in [0.15, 0.2) is 0 Å². The highest BCUT2D eigenvalue weighted by Gasteiger charge is 2.09. The largest absolute Gasteiger partial charge is 0.350 e. The molecule has 0 atom stereocenters. The number of hydrogen-bond acceptors (Lipinski definition) is 5. The summed E-state index contributed by atoms with van der Waals surface area (Å²) in [6, 6.07) is 10.3. The van der Waals surface area contributed by atoms with Gasteiger partial charge in [0, 0.05) is 43.0 Å². The van der Waals surface area contributed by atoms with Crippen molar-refractivity contribution >= 4 is 5.91 Å². The Morgan fingerprint density at radius 2 is 1.92 bits per heavy atom. The molecule has 1 N–H and O–H groups in total. The van der Waals surface area contributed by atoms with Gasteiger partial charge in [-0.3, -0.25) is 19.6 Å². The third-order valence-corrected chi connectivity index (χ3v) is 3.38. The standard InChI is InChI=1S/C17H15N5O2/c23-15(12-22-16(24)6-3-9-21-22)20-11-14-5-2-8-19-17(14)13-4-1-7-18-10-13/h1-10H,11-12H2,(H,20,23). The molecule has 7 heteroatoms. The van der Waals surface area contributed by atoms with E-state index in [1.807, 2.05) is 24.3 Å². The van der Waals surface area contributed by atoms with Crippen LogP contribution in [-0.2, 0) is 17.9 Å². The fourth-order valence-electron chi connectivity index (χ4n) is 2.24. The number of rotatable bonds is 5. The van der Waals surface area contributed by atoms with Crippen LogP contribution in [0.1, 0.15) is 5.56 Å². The summed E-state index contributed by atoms with van der Waals surface area (Å²) in [5.41, 5.74) is 2.20. The molecule has 0 fully saturated rings. The van der Waals surface area contributed by atoms with Gasteiger partial charge in [-0.25, -0.2) is 4.68 Å². The third-order valence-electron chi connectivity index (χ3n) is 3.38. The lowest BCUT2D eigenvalue weighted by molar-refractivity contribution is -0.122. The van der Waals surface area contributed by atoms with Crippen LogP contribution in [0.2, 0.25) is 0 Å². The van der Waals surface area contributed by atoms with E-state index in [1.165, 1.54) is 18.3 Å². The maximum absolute atomic E-state index is 12.0. The van der Waals surface area contributed by atoms with Crippen LogP contribution < -0.4 is 10.9 Å². The first-order valence-electron chi connectivity index (χ1n) is 7.37. The van der Waals surface area contributed by atoms with Gasteiger partial charge in [0.2, 0.25) is 5.91 Å². The molecule has 3 rings (SSSR count). The molecule has 0 radical (unpaired) electrons. The number of nitrogens with zero attached hydrogens (tertiary/aromatic N) is 4. The number of amides is 1. The molecule has 0 aliphatic heterocycles. The fraction of sp³-hybridized carbons (Fsp3) is 0.118. The minimum absolute atomic E-state index is 0.123. The van der Waals surface area contributed by atoms with E-state index in [0.717, 1.165) is 21.5 Å². The van der Waals surface area contributed by atoms with E-state index in [9.17, 15) is 9.59 Å². The summed E-state index contributed by atoms with van der Waals surface area (Å²) in [6.07, 6.45) is 6.58. The van der Waals surface area contributed by atoms with Crippen molar-refractivity contribution < 1.29 is 4.79 Å². The average molecular weight is 321 g/mol. The Morgan fingerprint density at radius 1 is 1.08 bits per heavy atom. The van der Waals surface area contributed by atoms with Crippen LogP contribution in [-0.4, -0.2) is 25.7 Å². The maximum Gasteiger partial charge on any atom is 0.267 e. The predicted octanol–water partition coefficient (Wildman–Crippen LogP) is 1.02. The summed E-state index contributed by atoms with van der Waals surface area (Å²) in [5, 5.41) is 6.65. The Hall–Kier alpha value is -3.35. The summed E-state index contributed by atoms with van der Waals surface area (Å²) in [6.45, 7) is 0.181. The number of hydrogen-bond donors (Lipinski definition) is 1. The average Bonchev–Trinajstić information content (AvgIpc) is 2.63. The zero-order valence-corrected chi connectivity index (χ0v) is 12.8. The minimum Gasteiger partial charge on any atom is -0.350 e. The minimum atomic E-state index is -0.315. The second-order valence-corrected chi connectivity index (χ2v) is 5.05. The Balaban J connectivity index is 1.70. The zero-order valence-electron chi connectivity index (χ0n) is 12.8. The maximum atomic E-state index is 12.0. The second-order valence-electron chi connectivity index (χ2n) is 5.05. The molecular formula is C17H15N5O2. The molecule has 3 aromatic rings. The summed E-state index contributed by atoms with van der Waals surface area (Å²) >= 11 is 0. The summed E-state index contributed by atoms with van der Waals surface area (Å²) in [7, 11) is 0. The normalized spacial score (nSPS) is 10.3. The van der Waals surface area contributed by atoms with E-state index in [4.69, 9.17) is 0 Å². The third kappa shape index (κ3) is 3.70. The Bertz CT molecular complexity index is 892. The quantitative estimate of drug-likeness (QED) is 0.757. The molecule has 1 amide bonds. The van der Waals surface area contributed by atoms with Crippen LogP contribution in [0.15, 0.2) is 66.0 Å². The molecule has 120 valence electrons. The number of aromatic nitrogens is 4. The van der Waals surface area contributed by atoms with Crippen molar-refractivity contribution in [3.63, 3.8) is 0 Å². The molecule has 3 heterocycles. The predicted molar refractivity (Wildman–Crippen MR) is 87.8 cm³/mol. The smallest absolute Gasteiger partial charge is 0.267 e. The summed E-state index contributed by atoms with van der Waals surface area (Å²) in [4.78, 5) is 32.1. The highest BCUT2D eigenvalue weighted by molar-refractivity contribution is 5.76. The first kappa shape index (κ1) is 15.5. The van der Waals surface area contributed by atoms with Crippen molar-refractivity contribution in [1.29, 1.82) is 0 Å². The van der Waals surface area contributed by atoms with Crippen LogP contribution >= 0.6 is 0 Å². The molecule has 0 saturated heterocycles. The van der Waals surface area contributed by atoms with E-state index in [1.54, 1.807) is 18.6 Å².